The molecule has 2 atom stereocenters. The van der Waals surface area contributed by atoms with Crippen molar-refractivity contribution in [3.8, 4) is 0 Å². The molecule has 0 radical (unpaired) electrons. The second-order valence-corrected chi connectivity index (χ2v) is 9.51. The van der Waals surface area contributed by atoms with Crippen molar-refractivity contribution < 1.29 is 13.2 Å². The van der Waals surface area contributed by atoms with Crippen LogP contribution in [0.15, 0.2) is 29.2 Å². The van der Waals surface area contributed by atoms with Gasteiger partial charge in [-0.15, -0.1) is 0 Å². The van der Waals surface area contributed by atoms with E-state index in [9.17, 15) is 13.2 Å². The Labute approximate surface area is 156 Å². The summed E-state index contributed by atoms with van der Waals surface area (Å²) in [6.07, 6.45) is 4.47. The van der Waals surface area contributed by atoms with Crippen molar-refractivity contribution in [3.63, 3.8) is 0 Å². The number of nitrogens with one attached hydrogen (secondary N) is 1. The quantitative estimate of drug-likeness (QED) is 0.868. The van der Waals surface area contributed by atoms with E-state index in [-0.39, 0.29) is 16.8 Å². The van der Waals surface area contributed by atoms with E-state index in [1.807, 2.05) is 7.05 Å². The number of likely N-dealkylation sites (N-methyl/N-ethyl adjacent to an activating group) is 1. The predicted octanol–water partition coefficient (Wildman–Crippen LogP) is 1.93. The van der Waals surface area contributed by atoms with E-state index in [4.69, 9.17) is 0 Å². The first-order valence-corrected chi connectivity index (χ1v) is 10.9. The summed E-state index contributed by atoms with van der Waals surface area (Å²) in [6, 6.07) is 6.60. The van der Waals surface area contributed by atoms with Crippen LogP contribution in [-0.2, 0) is 10.0 Å². The summed E-state index contributed by atoms with van der Waals surface area (Å²) in [5, 5.41) is 3.09. The van der Waals surface area contributed by atoms with E-state index in [2.05, 4.69) is 17.1 Å². The molecule has 1 aromatic rings. The number of benzene rings is 1. The van der Waals surface area contributed by atoms with E-state index in [0.717, 1.165) is 32.4 Å². The highest BCUT2D eigenvalue weighted by Gasteiger charge is 2.28. The molecule has 2 fully saturated rings. The number of carbonyl (C=O) groups excluding carboxylic acids is 1. The zero-order valence-corrected chi connectivity index (χ0v) is 16.5. The van der Waals surface area contributed by atoms with Crippen molar-refractivity contribution in [3.05, 3.63) is 29.8 Å². The van der Waals surface area contributed by atoms with Crippen molar-refractivity contribution in [2.45, 2.75) is 43.5 Å². The minimum Gasteiger partial charge on any atom is -0.349 e. The van der Waals surface area contributed by atoms with Crippen LogP contribution in [0.25, 0.3) is 0 Å². The normalized spacial score (nSPS) is 25.8. The molecule has 1 saturated heterocycles. The smallest absolute Gasteiger partial charge is 0.251 e. The van der Waals surface area contributed by atoms with E-state index in [1.165, 1.54) is 16.8 Å². The summed E-state index contributed by atoms with van der Waals surface area (Å²) in [5.41, 5.74) is 0.415. The fraction of sp³-hybridized carbons (Fsp3) is 0.632. The standard InChI is InChI=1S/C19H29N3O3S/c1-15-6-3-4-9-18(15)20-19(23)16-7-5-8-17(14-16)26(24,25)22-12-10-21(2)11-13-22/h5,7-8,14-15,18H,3-4,6,9-13H2,1-2H3,(H,20,23)/t15-,18+/m1/s1. The van der Waals surface area contributed by atoms with Crippen molar-refractivity contribution in [2.24, 2.45) is 5.92 Å². The molecule has 0 bridgehead atoms. The van der Waals surface area contributed by atoms with Crippen LogP contribution in [0.1, 0.15) is 43.0 Å². The number of amides is 1. The molecule has 26 heavy (non-hydrogen) atoms. The number of hydrogen-bond donors (Lipinski definition) is 1. The molecule has 1 saturated carbocycles. The van der Waals surface area contributed by atoms with Gasteiger partial charge in [-0.3, -0.25) is 4.79 Å². The summed E-state index contributed by atoms with van der Waals surface area (Å²) >= 11 is 0. The van der Waals surface area contributed by atoms with Gasteiger partial charge in [0, 0.05) is 37.8 Å². The van der Waals surface area contributed by atoms with Crippen molar-refractivity contribution >= 4 is 15.9 Å². The van der Waals surface area contributed by atoms with Gasteiger partial charge < -0.3 is 10.2 Å². The Morgan fingerprint density at radius 2 is 1.81 bits per heavy atom. The Kier molecular flexibility index (Phi) is 5.99. The van der Waals surface area contributed by atoms with E-state index in [1.54, 1.807) is 18.2 Å². The van der Waals surface area contributed by atoms with E-state index >= 15 is 0 Å². The van der Waals surface area contributed by atoms with Crippen molar-refractivity contribution in [1.82, 2.24) is 14.5 Å². The second kappa shape index (κ2) is 8.06. The molecule has 1 aromatic carbocycles. The lowest BCUT2D eigenvalue weighted by Crippen LogP contribution is -2.47. The average molecular weight is 380 g/mol. The molecule has 1 heterocycles. The fourth-order valence-electron chi connectivity index (χ4n) is 3.76. The van der Waals surface area contributed by atoms with Crippen LogP contribution in [-0.4, -0.2) is 62.8 Å². The molecule has 3 rings (SSSR count). The molecule has 0 spiro atoms. The van der Waals surface area contributed by atoms with Crippen molar-refractivity contribution in [1.29, 1.82) is 0 Å². The highest BCUT2D eigenvalue weighted by molar-refractivity contribution is 7.89. The molecule has 2 aliphatic rings. The third-order valence-corrected chi connectivity index (χ3v) is 7.52. The first-order chi connectivity index (χ1) is 12.4. The summed E-state index contributed by atoms with van der Waals surface area (Å²) in [5.74, 6) is 0.282. The third kappa shape index (κ3) is 4.27. The first-order valence-electron chi connectivity index (χ1n) is 9.47. The van der Waals surface area contributed by atoms with Gasteiger partial charge in [-0.1, -0.05) is 25.8 Å². The predicted molar refractivity (Wildman–Crippen MR) is 102 cm³/mol. The molecular formula is C19H29N3O3S. The maximum atomic E-state index is 12.9. The number of rotatable bonds is 4. The maximum absolute atomic E-state index is 12.9. The van der Waals surface area contributed by atoms with Gasteiger partial charge in [-0.25, -0.2) is 8.42 Å². The van der Waals surface area contributed by atoms with Gasteiger partial charge >= 0.3 is 0 Å². The lowest BCUT2D eigenvalue weighted by atomic mass is 9.86. The lowest BCUT2D eigenvalue weighted by molar-refractivity contribution is 0.0910. The van der Waals surface area contributed by atoms with Gasteiger partial charge in [0.05, 0.1) is 4.90 Å². The topological polar surface area (TPSA) is 69.7 Å². The number of nitrogens with zero attached hydrogens (tertiary/aromatic N) is 2. The molecule has 1 aliphatic heterocycles. The minimum atomic E-state index is -3.56. The molecule has 1 N–H and O–H groups in total. The monoisotopic (exact) mass is 379 g/mol. The maximum Gasteiger partial charge on any atom is 0.251 e. The Morgan fingerprint density at radius 1 is 1.12 bits per heavy atom. The Hall–Kier alpha value is -1.44. The Morgan fingerprint density at radius 3 is 2.50 bits per heavy atom. The molecular weight excluding hydrogens is 350 g/mol. The second-order valence-electron chi connectivity index (χ2n) is 7.58. The van der Waals surface area contributed by atoms with E-state index in [0.29, 0.717) is 24.6 Å². The van der Waals surface area contributed by atoms with Gasteiger partial charge in [0.25, 0.3) is 5.91 Å². The Bertz CT molecular complexity index is 742. The molecule has 1 amide bonds. The fourth-order valence-corrected chi connectivity index (χ4v) is 5.23. The van der Waals surface area contributed by atoms with Gasteiger partial charge in [0.15, 0.2) is 0 Å². The van der Waals surface area contributed by atoms with Crippen LogP contribution >= 0.6 is 0 Å². The van der Waals surface area contributed by atoms with Gasteiger partial charge in [-0.2, -0.15) is 4.31 Å². The molecule has 0 aromatic heterocycles. The molecule has 1 aliphatic carbocycles. The summed E-state index contributed by atoms with van der Waals surface area (Å²) in [6.45, 7) is 4.57. The van der Waals surface area contributed by atoms with Crippen LogP contribution in [0.5, 0.6) is 0 Å². The highest BCUT2D eigenvalue weighted by atomic mass is 32.2. The first kappa shape index (κ1) is 19.3. The van der Waals surface area contributed by atoms with Gasteiger partial charge in [-0.05, 0) is 44.0 Å². The van der Waals surface area contributed by atoms with Crippen LogP contribution in [0.3, 0.4) is 0 Å². The molecule has 7 heteroatoms. The minimum absolute atomic E-state index is 0.175. The molecule has 6 nitrogen and oxygen atoms in total. The van der Waals surface area contributed by atoms with Crippen LogP contribution in [0.2, 0.25) is 0 Å². The third-order valence-electron chi connectivity index (χ3n) is 5.62. The van der Waals surface area contributed by atoms with Crippen LogP contribution in [0.4, 0.5) is 0 Å². The van der Waals surface area contributed by atoms with Crippen LogP contribution in [0, 0.1) is 5.92 Å². The number of hydrogen-bond acceptors (Lipinski definition) is 4. The van der Waals surface area contributed by atoms with Gasteiger partial charge in [0.2, 0.25) is 10.0 Å². The summed E-state index contributed by atoms with van der Waals surface area (Å²) < 4.78 is 27.3. The lowest BCUT2D eigenvalue weighted by Gasteiger charge is -2.31. The zero-order chi connectivity index (χ0) is 18.7. The SMILES string of the molecule is C[C@@H]1CCCC[C@@H]1NC(=O)c1cccc(S(=O)(=O)N2CCN(C)CC2)c1. The molecule has 144 valence electrons. The summed E-state index contributed by atoms with van der Waals surface area (Å²) in [4.78, 5) is 14.9. The van der Waals surface area contributed by atoms with E-state index < -0.39 is 10.0 Å². The summed E-state index contributed by atoms with van der Waals surface area (Å²) in [7, 11) is -1.57. The largest absolute Gasteiger partial charge is 0.349 e. The van der Waals surface area contributed by atoms with Gasteiger partial charge in [0.1, 0.15) is 0 Å². The average Bonchev–Trinajstić information content (AvgIpc) is 2.64. The number of carbonyl (C=O) groups is 1. The number of piperazine rings is 1. The highest BCUT2D eigenvalue weighted by Crippen LogP contribution is 2.24. The number of sulfonamides is 1. The Balaban J connectivity index is 1.74. The zero-order valence-electron chi connectivity index (χ0n) is 15.6. The van der Waals surface area contributed by atoms with Crippen LogP contribution < -0.4 is 5.32 Å². The van der Waals surface area contributed by atoms with Crippen molar-refractivity contribution in [2.75, 3.05) is 33.2 Å². The molecule has 0 unspecified atom stereocenters.